The van der Waals surface area contributed by atoms with Gasteiger partial charge in [0.25, 0.3) is 5.69 Å². The Morgan fingerprint density at radius 1 is 1.56 bits per heavy atom. The first-order valence-corrected chi connectivity index (χ1v) is 5.05. The van der Waals surface area contributed by atoms with Crippen molar-refractivity contribution < 1.29 is 9.31 Å². The van der Waals surface area contributed by atoms with E-state index in [1.54, 1.807) is 19.0 Å². The first kappa shape index (κ1) is 12.6. The highest BCUT2D eigenvalue weighted by Gasteiger charge is 2.14. The van der Waals surface area contributed by atoms with E-state index in [1.165, 1.54) is 12.4 Å². The van der Waals surface area contributed by atoms with Crippen LogP contribution in [0, 0.1) is 15.9 Å². The van der Waals surface area contributed by atoms with Crippen LogP contribution in [-0.2, 0) is 0 Å². The van der Waals surface area contributed by atoms with Crippen LogP contribution in [-0.4, -0.2) is 30.3 Å². The SMILES string of the molecule is CN(C)C=Nc1c(F)cc([N+](=O)[O-])cc1Br. The summed E-state index contributed by atoms with van der Waals surface area (Å²) in [5.41, 5.74) is -0.271. The van der Waals surface area contributed by atoms with Crippen LogP contribution < -0.4 is 0 Å². The van der Waals surface area contributed by atoms with Gasteiger partial charge in [-0.05, 0) is 15.9 Å². The third kappa shape index (κ3) is 2.99. The fourth-order valence-corrected chi connectivity index (χ4v) is 1.48. The molecule has 0 spiro atoms. The van der Waals surface area contributed by atoms with Crippen molar-refractivity contribution in [3.8, 4) is 0 Å². The number of rotatable bonds is 3. The molecule has 0 aliphatic heterocycles. The minimum absolute atomic E-state index is 0.0410. The highest BCUT2D eigenvalue weighted by atomic mass is 79.9. The Hall–Kier alpha value is -1.50. The van der Waals surface area contributed by atoms with Crippen LogP contribution in [0.15, 0.2) is 21.6 Å². The van der Waals surface area contributed by atoms with Gasteiger partial charge in [-0.15, -0.1) is 0 Å². The molecule has 0 bridgehead atoms. The second-order valence-corrected chi connectivity index (χ2v) is 4.08. The second-order valence-electron chi connectivity index (χ2n) is 3.22. The molecule has 1 rings (SSSR count). The van der Waals surface area contributed by atoms with Gasteiger partial charge < -0.3 is 4.90 Å². The first-order valence-electron chi connectivity index (χ1n) is 4.26. The lowest BCUT2D eigenvalue weighted by molar-refractivity contribution is -0.385. The highest BCUT2D eigenvalue weighted by Crippen LogP contribution is 2.32. The molecule has 0 saturated heterocycles. The molecule has 86 valence electrons. The number of aliphatic imine (C=N–C) groups is 1. The number of hydrogen-bond acceptors (Lipinski definition) is 3. The smallest absolute Gasteiger partial charge is 0.273 e. The number of halogens is 2. The zero-order chi connectivity index (χ0) is 12.3. The Morgan fingerprint density at radius 2 is 2.19 bits per heavy atom. The summed E-state index contributed by atoms with van der Waals surface area (Å²) in [6, 6.07) is 2.05. The summed E-state index contributed by atoms with van der Waals surface area (Å²) < 4.78 is 13.7. The van der Waals surface area contributed by atoms with E-state index < -0.39 is 10.7 Å². The van der Waals surface area contributed by atoms with E-state index in [9.17, 15) is 14.5 Å². The van der Waals surface area contributed by atoms with Crippen LogP contribution in [0.5, 0.6) is 0 Å². The van der Waals surface area contributed by atoms with Gasteiger partial charge in [0, 0.05) is 20.2 Å². The molecule has 0 heterocycles. The molecule has 0 fully saturated rings. The third-order valence-corrected chi connectivity index (χ3v) is 2.23. The molecule has 0 aliphatic carbocycles. The Morgan fingerprint density at radius 3 is 2.62 bits per heavy atom. The van der Waals surface area contributed by atoms with Crippen molar-refractivity contribution in [1.82, 2.24) is 4.90 Å². The monoisotopic (exact) mass is 289 g/mol. The van der Waals surface area contributed by atoms with Gasteiger partial charge in [0.05, 0.1) is 21.8 Å². The maximum Gasteiger partial charge on any atom is 0.273 e. The van der Waals surface area contributed by atoms with Crippen LogP contribution in [0.4, 0.5) is 15.8 Å². The van der Waals surface area contributed by atoms with Crippen molar-refractivity contribution in [2.45, 2.75) is 0 Å². The summed E-state index contributed by atoms with van der Waals surface area (Å²) in [4.78, 5) is 15.3. The largest absolute Gasteiger partial charge is 0.369 e. The minimum Gasteiger partial charge on any atom is -0.369 e. The average molecular weight is 290 g/mol. The van der Waals surface area contributed by atoms with E-state index in [0.29, 0.717) is 0 Å². The molecule has 0 aromatic heterocycles. The molecule has 0 N–H and O–H groups in total. The number of nitrogens with zero attached hydrogens (tertiary/aromatic N) is 3. The van der Waals surface area contributed by atoms with Crippen molar-refractivity contribution in [3.63, 3.8) is 0 Å². The molecule has 0 amide bonds. The minimum atomic E-state index is -0.737. The summed E-state index contributed by atoms with van der Waals surface area (Å²) in [6.07, 6.45) is 1.41. The molecule has 0 unspecified atom stereocenters. The van der Waals surface area contributed by atoms with Gasteiger partial charge in [0.15, 0.2) is 5.82 Å². The van der Waals surface area contributed by atoms with Gasteiger partial charge in [0.1, 0.15) is 5.69 Å². The first-order chi connectivity index (χ1) is 7.41. The quantitative estimate of drug-likeness (QED) is 0.372. The van der Waals surface area contributed by atoms with Crippen LogP contribution >= 0.6 is 15.9 Å². The maximum atomic E-state index is 13.5. The molecule has 7 heteroatoms. The average Bonchev–Trinajstić information content (AvgIpc) is 2.15. The lowest BCUT2D eigenvalue weighted by Gasteiger charge is -2.04. The molecular weight excluding hydrogens is 281 g/mol. The van der Waals surface area contributed by atoms with Crippen LogP contribution in [0.1, 0.15) is 0 Å². The zero-order valence-electron chi connectivity index (χ0n) is 8.65. The van der Waals surface area contributed by atoms with Crippen molar-refractivity contribution in [2.75, 3.05) is 14.1 Å². The fraction of sp³-hybridized carbons (Fsp3) is 0.222. The molecule has 1 aromatic rings. The zero-order valence-corrected chi connectivity index (χ0v) is 10.2. The van der Waals surface area contributed by atoms with E-state index in [2.05, 4.69) is 20.9 Å². The molecule has 16 heavy (non-hydrogen) atoms. The van der Waals surface area contributed by atoms with E-state index in [-0.39, 0.29) is 15.8 Å². The molecular formula is C9H9BrFN3O2. The molecule has 0 atom stereocenters. The van der Waals surface area contributed by atoms with Gasteiger partial charge in [0.2, 0.25) is 0 Å². The maximum absolute atomic E-state index is 13.5. The standard InChI is InChI=1S/C9H9BrFN3O2/c1-13(2)5-12-9-7(10)3-6(14(15)16)4-8(9)11/h3-5H,1-2H3. The lowest BCUT2D eigenvalue weighted by atomic mass is 10.3. The summed E-state index contributed by atoms with van der Waals surface area (Å²) in [7, 11) is 3.47. The van der Waals surface area contributed by atoms with Gasteiger partial charge >= 0.3 is 0 Å². The van der Waals surface area contributed by atoms with Gasteiger partial charge in [-0.25, -0.2) is 9.38 Å². The van der Waals surface area contributed by atoms with E-state index in [1.807, 2.05) is 0 Å². The van der Waals surface area contributed by atoms with Crippen LogP contribution in [0.2, 0.25) is 0 Å². The summed E-state index contributed by atoms with van der Waals surface area (Å²) in [6.45, 7) is 0. The normalized spacial score (nSPS) is 10.8. The van der Waals surface area contributed by atoms with Gasteiger partial charge in [-0.2, -0.15) is 0 Å². The van der Waals surface area contributed by atoms with Crippen molar-refractivity contribution in [3.05, 3.63) is 32.5 Å². The van der Waals surface area contributed by atoms with Gasteiger partial charge in [-0.3, -0.25) is 10.1 Å². The van der Waals surface area contributed by atoms with Crippen molar-refractivity contribution in [2.24, 2.45) is 4.99 Å². The molecule has 5 nitrogen and oxygen atoms in total. The molecule has 0 saturated carbocycles. The summed E-state index contributed by atoms with van der Waals surface area (Å²) >= 11 is 3.04. The number of nitro benzene ring substituents is 1. The summed E-state index contributed by atoms with van der Waals surface area (Å²) in [5.74, 6) is -0.737. The van der Waals surface area contributed by atoms with Crippen LogP contribution in [0.25, 0.3) is 0 Å². The topological polar surface area (TPSA) is 58.7 Å². The molecule has 0 radical (unpaired) electrons. The van der Waals surface area contributed by atoms with E-state index >= 15 is 0 Å². The number of benzene rings is 1. The molecule has 1 aromatic carbocycles. The second kappa shape index (κ2) is 5.02. The van der Waals surface area contributed by atoms with E-state index in [4.69, 9.17) is 0 Å². The van der Waals surface area contributed by atoms with E-state index in [0.717, 1.165) is 6.07 Å². The Labute approximate surface area is 99.9 Å². The van der Waals surface area contributed by atoms with Crippen molar-refractivity contribution >= 4 is 33.6 Å². The summed E-state index contributed by atoms with van der Waals surface area (Å²) in [5, 5.41) is 10.5. The number of non-ortho nitro benzene ring substituents is 1. The predicted molar refractivity (Wildman–Crippen MR) is 62.6 cm³/mol. The third-order valence-electron chi connectivity index (χ3n) is 1.63. The van der Waals surface area contributed by atoms with Crippen LogP contribution in [0.3, 0.4) is 0 Å². The number of hydrogen-bond donors (Lipinski definition) is 0. The van der Waals surface area contributed by atoms with Crippen molar-refractivity contribution in [1.29, 1.82) is 0 Å². The number of nitro groups is 1. The Balaban J connectivity index is 3.18. The Kier molecular flexibility index (Phi) is 3.94. The fourth-order valence-electron chi connectivity index (χ4n) is 0.954. The lowest BCUT2D eigenvalue weighted by Crippen LogP contribution is -2.07. The van der Waals surface area contributed by atoms with Gasteiger partial charge in [-0.1, -0.05) is 0 Å². The Bertz CT molecular complexity index is 425. The predicted octanol–water partition coefficient (Wildman–Crippen LogP) is 2.72. The molecule has 0 aliphatic rings. The highest BCUT2D eigenvalue weighted by molar-refractivity contribution is 9.10.